The average molecular weight is 260 g/mol. The van der Waals surface area contributed by atoms with Crippen LogP contribution in [0.1, 0.15) is 31.7 Å². The Hall–Kier alpha value is -1.84. The van der Waals surface area contributed by atoms with E-state index in [-0.39, 0.29) is 18.2 Å². The van der Waals surface area contributed by atoms with Crippen molar-refractivity contribution in [3.05, 3.63) is 29.8 Å². The minimum atomic E-state index is -0.393. The lowest BCUT2D eigenvalue weighted by atomic mass is 10.1. The van der Waals surface area contributed by atoms with E-state index in [4.69, 9.17) is 5.73 Å². The predicted molar refractivity (Wildman–Crippen MR) is 74.7 cm³/mol. The number of benzene rings is 1. The van der Waals surface area contributed by atoms with Crippen LogP contribution in [0.4, 0.5) is 5.69 Å². The van der Waals surface area contributed by atoms with Gasteiger partial charge < -0.3 is 10.6 Å². The fourth-order valence-electron chi connectivity index (χ4n) is 2.37. The van der Waals surface area contributed by atoms with Gasteiger partial charge in [0.1, 0.15) is 0 Å². The number of hydrogen-bond donors (Lipinski definition) is 1. The molecule has 4 nitrogen and oxygen atoms in total. The van der Waals surface area contributed by atoms with Gasteiger partial charge in [0.25, 0.3) is 0 Å². The standard InChI is InChI=1S/C15H20N2O2/c1-2-3-4-11-5-7-13(8-6-11)17-10-12(15(16)19)9-14(17)18/h5-8,12H,2-4,9-10H2,1H3,(H2,16,19). The smallest absolute Gasteiger partial charge is 0.227 e. The molecule has 0 aromatic heterocycles. The van der Waals surface area contributed by atoms with E-state index in [2.05, 4.69) is 19.1 Å². The van der Waals surface area contributed by atoms with Gasteiger partial charge in [-0.1, -0.05) is 25.5 Å². The molecule has 1 heterocycles. The molecule has 19 heavy (non-hydrogen) atoms. The van der Waals surface area contributed by atoms with Crippen molar-refractivity contribution in [2.75, 3.05) is 11.4 Å². The quantitative estimate of drug-likeness (QED) is 0.878. The lowest BCUT2D eigenvalue weighted by Gasteiger charge is -2.16. The highest BCUT2D eigenvalue weighted by Crippen LogP contribution is 2.25. The molecule has 1 saturated heterocycles. The largest absolute Gasteiger partial charge is 0.369 e. The molecule has 1 atom stereocenters. The van der Waals surface area contributed by atoms with Crippen LogP contribution in [0.5, 0.6) is 0 Å². The second-order valence-electron chi connectivity index (χ2n) is 5.08. The van der Waals surface area contributed by atoms with Gasteiger partial charge in [0, 0.05) is 18.7 Å². The van der Waals surface area contributed by atoms with Crippen LogP contribution in [0, 0.1) is 5.92 Å². The number of aryl methyl sites for hydroxylation is 1. The zero-order chi connectivity index (χ0) is 13.8. The van der Waals surface area contributed by atoms with Gasteiger partial charge in [0.15, 0.2) is 0 Å². The van der Waals surface area contributed by atoms with Gasteiger partial charge in [-0.3, -0.25) is 9.59 Å². The summed E-state index contributed by atoms with van der Waals surface area (Å²) in [6.45, 7) is 2.57. The molecule has 4 heteroatoms. The Morgan fingerprint density at radius 3 is 2.58 bits per heavy atom. The molecule has 1 fully saturated rings. The lowest BCUT2D eigenvalue weighted by Crippen LogP contribution is -2.28. The summed E-state index contributed by atoms with van der Waals surface area (Å²) >= 11 is 0. The molecule has 2 amide bonds. The summed E-state index contributed by atoms with van der Waals surface area (Å²) in [5.74, 6) is -0.771. The van der Waals surface area contributed by atoms with Gasteiger partial charge in [-0.2, -0.15) is 0 Å². The maximum Gasteiger partial charge on any atom is 0.227 e. The van der Waals surface area contributed by atoms with E-state index in [0.717, 1.165) is 12.1 Å². The monoisotopic (exact) mass is 260 g/mol. The molecule has 0 radical (unpaired) electrons. The van der Waals surface area contributed by atoms with Crippen molar-refractivity contribution in [1.82, 2.24) is 0 Å². The molecule has 1 aromatic carbocycles. The van der Waals surface area contributed by atoms with Crippen LogP contribution in [0.3, 0.4) is 0 Å². The number of hydrogen-bond acceptors (Lipinski definition) is 2. The molecular weight excluding hydrogens is 240 g/mol. The number of carbonyl (C=O) groups excluding carboxylic acids is 2. The first-order valence-corrected chi connectivity index (χ1v) is 6.80. The van der Waals surface area contributed by atoms with Gasteiger partial charge >= 0.3 is 0 Å². The molecule has 0 bridgehead atoms. The van der Waals surface area contributed by atoms with Crippen LogP contribution in [0.2, 0.25) is 0 Å². The van der Waals surface area contributed by atoms with E-state index < -0.39 is 5.91 Å². The van der Waals surface area contributed by atoms with Crippen LogP contribution in [-0.2, 0) is 16.0 Å². The maximum absolute atomic E-state index is 11.9. The molecule has 0 aliphatic carbocycles. The van der Waals surface area contributed by atoms with Gasteiger partial charge in [-0.25, -0.2) is 0 Å². The lowest BCUT2D eigenvalue weighted by molar-refractivity contribution is -0.123. The zero-order valence-electron chi connectivity index (χ0n) is 11.3. The molecule has 102 valence electrons. The highest BCUT2D eigenvalue weighted by molar-refractivity contribution is 6.00. The second kappa shape index (κ2) is 5.87. The number of anilines is 1. The summed E-state index contributed by atoms with van der Waals surface area (Å²) in [5.41, 5.74) is 7.40. The maximum atomic E-state index is 11.9. The molecule has 2 rings (SSSR count). The summed E-state index contributed by atoms with van der Waals surface area (Å²) in [6.07, 6.45) is 3.64. The van der Waals surface area contributed by atoms with Gasteiger partial charge in [-0.15, -0.1) is 0 Å². The molecule has 1 aromatic rings. The number of rotatable bonds is 5. The molecule has 2 N–H and O–H groups in total. The fourth-order valence-corrected chi connectivity index (χ4v) is 2.37. The number of nitrogens with zero attached hydrogens (tertiary/aromatic N) is 1. The number of primary amides is 1. The number of carbonyl (C=O) groups is 2. The SMILES string of the molecule is CCCCc1ccc(N2CC(C(N)=O)CC2=O)cc1. The molecular formula is C15H20N2O2. The number of amides is 2. The van der Waals surface area contributed by atoms with Crippen LogP contribution < -0.4 is 10.6 Å². The third-order valence-electron chi connectivity index (χ3n) is 3.59. The van der Waals surface area contributed by atoms with Crippen LogP contribution in [0.15, 0.2) is 24.3 Å². The van der Waals surface area contributed by atoms with Crippen LogP contribution in [0.25, 0.3) is 0 Å². The van der Waals surface area contributed by atoms with E-state index in [1.165, 1.54) is 18.4 Å². The van der Waals surface area contributed by atoms with Gasteiger partial charge in [0.2, 0.25) is 11.8 Å². The average Bonchev–Trinajstić information content (AvgIpc) is 2.79. The van der Waals surface area contributed by atoms with Crippen LogP contribution >= 0.6 is 0 Å². The van der Waals surface area contributed by atoms with Gasteiger partial charge in [-0.05, 0) is 30.5 Å². The van der Waals surface area contributed by atoms with E-state index in [1.807, 2.05) is 12.1 Å². The van der Waals surface area contributed by atoms with Crippen molar-refractivity contribution in [3.8, 4) is 0 Å². The summed E-state index contributed by atoms with van der Waals surface area (Å²) in [5, 5.41) is 0. The van der Waals surface area contributed by atoms with E-state index >= 15 is 0 Å². The highest BCUT2D eigenvalue weighted by atomic mass is 16.2. The fraction of sp³-hybridized carbons (Fsp3) is 0.467. The minimum Gasteiger partial charge on any atom is -0.369 e. The number of unbranched alkanes of at least 4 members (excludes halogenated alkanes) is 1. The second-order valence-corrected chi connectivity index (χ2v) is 5.08. The first-order valence-electron chi connectivity index (χ1n) is 6.80. The first kappa shape index (κ1) is 13.6. The Morgan fingerprint density at radius 2 is 2.05 bits per heavy atom. The third-order valence-corrected chi connectivity index (χ3v) is 3.59. The summed E-state index contributed by atoms with van der Waals surface area (Å²) in [6, 6.07) is 8.00. The van der Waals surface area contributed by atoms with Crippen molar-refractivity contribution < 1.29 is 9.59 Å². The molecule has 0 spiro atoms. The summed E-state index contributed by atoms with van der Waals surface area (Å²) < 4.78 is 0. The Labute approximate surface area is 113 Å². The normalized spacial score (nSPS) is 18.9. The van der Waals surface area contributed by atoms with E-state index in [9.17, 15) is 9.59 Å². The number of nitrogens with two attached hydrogens (primary N) is 1. The van der Waals surface area contributed by atoms with Crippen molar-refractivity contribution in [1.29, 1.82) is 0 Å². The van der Waals surface area contributed by atoms with Crippen molar-refractivity contribution in [2.24, 2.45) is 11.7 Å². The zero-order valence-corrected chi connectivity index (χ0v) is 11.3. The van der Waals surface area contributed by atoms with Crippen LogP contribution in [-0.4, -0.2) is 18.4 Å². The first-order chi connectivity index (χ1) is 9.11. The Kier molecular flexibility index (Phi) is 4.20. The summed E-state index contributed by atoms with van der Waals surface area (Å²) in [7, 11) is 0. The van der Waals surface area contributed by atoms with Crippen molar-refractivity contribution in [3.63, 3.8) is 0 Å². The molecule has 1 aliphatic heterocycles. The Morgan fingerprint density at radius 1 is 1.37 bits per heavy atom. The van der Waals surface area contributed by atoms with E-state index in [1.54, 1.807) is 4.90 Å². The topological polar surface area (TPSA) is 63.4 Å². The Bertz CT molecular complexity index is 468. The molecule has 1 aliphatic rings. The minimum absolute atomic E-state index is 0.0230. The predicted octanol–water partition coefficient (Wildman–Crippen LogP) is 1.87. The Balaban J connectivity index is 2.06. The molecule has 1 unspecified atom stereocenters. The summed E-state index contributed by atoms with van der Waals surface area (Å²) in [4.78, 5) is 24.7. The van der Waals surface area contributed by atoms with Crippen molar-refractivity contribution in [2.45, 2.75) is 32.6 Å². The highest BCUT2D eigenvalue weighted by Gasteiger charge is 2.33. The van der Waals surface area contributed by atoms with E-state index in [0.29, 0.717) is 6.54 Å². The van der Waals surface area contributed by atoms with Crippen molar-refractivity contribution >= 4 is 17.5 Å². The molecule has 0 saturated carbocycles. The van der Waals surface area contributed by atoms with Gasteiger partial charge in [0.05, 0.1) is 5.92 Å². The third kappa shape index (κ3) is 3.13.